The van der Waals surface area contributed by atoms with Gasteiger partial charge in [0.15, 0.2) is 4.34 Å². The lowest BCUT2D eigenvalue weighted by Gasteiger charge is -1.97. The van der Waals surface area contributed by atoms with E-state index in [0.717, 1.165) is 26.6 Å². The first-order valence-corrected chi connectivity index (χ1v) is 9.36. The van der Waals surface area contributed by atoms with Gasteiger partial charge < -0.3 is 9.73 Å². The van der Waals surface area contributed by atoms with Crippen LogP contribution in [0.25, 0.3) is 5.69 Å². The molecule has 9 heteroatoms. The van der Waals surface area contributed by atoms with E-state index in [1.165, 1.54) is 11.3 Å². The Balaban J connectivity index is 1.32. The van der Waals surface area contributed by atoms with E-state index in [2.05, 4.69) is 25.7 Å². The van der Waals surface area contributed by atoms with E-state index in [-0.39, 0.29) is 0 Å². The van der Waals surface area contributed by atoms with Crippen LogP contribution in [0.1, 0.15) is 11.5 Å². The molecule has 0 aliphatic carbocycles. The van der Waals surface area contributed by atoms with Gasteiger partial charge in [0.2, 0.25) is 5.13 Å². The van der Waals surface area contributed by atoms with E-state index in [1.807, 2.05) is 42.5 Å². The van der Waals surface area contributed by atoms with Crippen molar-refractivity contribution in [1.82, 2.24) is 25.2 Å². The van der Waals surface area contributed by atoms with Crippen molar-refractivity contribution in [2.45, 2.75) is 16.6 Å². The van der Waals surface area contributed by atoms with Crippen molar-refractivity contribution in [3.8, 4) is 5.69 Å². The molecule has 3 heterocycles. The van der Waals surface area contributed by atoms with Crippen molar-refractivity contribution in [2.24, 2.45) is 0 Å². The minimum atomic E-state index is 0.595. The van der Waals surface area contributed by atoms with E-state index in [4.69, 9.17) is 4.42 Å². The maximum absolute atomic E-state index is 5.28. The van der Waals surface area contributed by atoms with Crippen molar-refractivity contribution in [1.29, 1.82) is 0 Å². The van der Waals surface area contributed by atoms with Crippen LogP contribution < -0.4 is 5.32 Å². The van der Waals surface area contributed by atoms with Crippen LogP contribution in [-0.4, -0.2) is 25.2 Å². The predicted molar refractivity (Wildman–Crippen MR) is 96.9 cm³/mol. The topological polar surface area (TPSA) is 81.7 Å². The molecule has 0 bridgehead atoms. The average Bonchev–Trinajstić information content (AvgIpc) is 3.40. The number of aromatic nitrogens is 5. The second kappa shape index (κ2) is 7.49. The van der Waals surface area contributed by atoms with Gasteiger partial charge in [-0.1, -0.05) is 41.3 Å². The van der Waals surface area contributed by atoms with Gasteiger partial charge in [0, 0.05) is 5.75 Å². The largest absolute Gasteiger partial charge is 0.467 e. The Labute approximate surface area is 152 Å². The van der Waals surface area contributed by atoms with Crippen LogP contribution in [0.15, 0.2) is 63.7 Å². The number of benzene rings is 1. The smallest absolute Gasteiger partial charge is 0.206 e. The molecule has 25 heavy (non-hydrogen) atoms. The summed E-state index contributed by atoms with van der Waals surface area (Å²) in [5, 5.41) is 21.1. The Bertz CT molecular complexity index is 919. The van der Waals surface area contributed by atoms with Gasteiger partial charge in [-0.05, 0) is 24.3 Å². The first-order chi connectivity index (χ1) is 12.4. The van der Waals surface area contributed by atoms with E-state index >= 15 is 0 Å². The van der Waals surface area contributed by atoms with E-state index in [9.17, 15) is 0 Å². The molecule has 0 amide bonds. The zero-order chi connectivity index (χ0) is 16.9. The van der Waals surface area contributed by atoms with Crippen molar-refractivity contribution in [3.05, 3.63) is 66.4 Å². The summed E-state index contributed by atoms with van der Waals surface area (Å²) in [6, 6.07) is 13.6. The first-order valence-electron chi connectivity index (χ1n) is 7.56. The third-order valence-electron chi connectivity index (χ3n) is 3.27. The summed E-state index contributed by atoms with van der Waals surface area (Å²) in [4.78, 5) is 1.63. The maximum atomic E-state index is 5.28. The Kier molecular flexibility index (Phi) is 4.75. The van der Waals surface area contributed by atoms with Crippen molar-refractivity contribution in [2.75, 3.05) is 5.32 Å². The van der Waals surface area contributed by atoms with Crippen LogP contribution in [-0.2, 0) is 12.3 Å². The lowest BCUT2D eigenvalue weighted by atomic mass is 10.3. The second-order valence-corrected chi connectivity index (χ2v) is 7.26. The van der Waals surface area contributed by atoms with Gasteiger partial charge in [0.05, 0.1) is 30.4 Å². The van der Waals surface area contributed by atoms with Crippen LogP contribution in [0.3, 0.4) is 0 Å². The molecule has 126 valence electrons. The number of para-hydroxylation sites is 1. The van der Waals surface area contributed by atoms with Crippen molar-refractivity contribution >= 4 is 28.2 Å². The molecule has 1 aromatic carbocycles. The van der Waals surface area contributed by atoms with Crippen molar-refractivity contribution < 1.29 is 4.42 Å². The van der Waals surface area contributed by atoms with Crippen LogP contribution in [0.5, 0.6) is 0 Å². The fourth-order valence-corrected chi connectivity index (χ4v) is 3.72. The molecule has 0 unspecified atom stereocenters. The number of nitrogens with one attached hydrogen (secondary N) is 1. The average molecular weight is 370 g/mol. The summed E-state index contributed by atoms with van der Waals surface area (Å²) < 4.78 is 6.16. The zero-order valence-corrected chi connectivity index (χ0v) is 14.7. The Hall–Kier alpha value is -2.65. The zero-order valence-electron chi connectivity index (χ0n) is 13.1. The second-order valence-electron chi connectivity index (χ2n) is 5.06. The molecule has 0 saturated carbocycles. The van der Waals surface area contributed by atoms with Gasteiger partial charge >= 0.3 is 0 Å². The quantitative estimate of drug-likeness (QED) is 0.498. The standard InChI is InChI=1S/C16H14N6OS2/c1-2-5-13(6-3-1)22-18-9-12(21-22)11-24-16-20-19-15(25-16)17-10-14-7-4-8-23-14/h1-9H,10-11H2,(H,17,19). The number of nitrogens with zero attached hydrogens (tertiary/aromatic N) is 5. The fourth-order valence-electron chi connectivity index (χ4n) is 2.10. The number of furan rings is 1. The first kappa shape index (κ1) is 15.9. The highest BCUT2D eigenvalue weighted by molar-refractivity contribution is 8.00. The molecule has 1 N–H and O–H groups in total. The van der Waals surface area contributed by atoms with E-state index in [1.54, 1.807) is 29.0 Å². The van der Waals surface area contributed by atoms with Crippen LogP contribution in [0.4, 0.5) is 5.13 Å². The van der Waals surface area contributed by atoms with Crippen LogP contribution in [0.2, 0.25) is 0 Å². The SMILES string of the molecule is c1ccc(-n2ncc(CSc3nnc(NCc4ccco4)s3)n2)cc1. The number of hydrogen-bond acceptors (Lipinski definition) is 8. The molecule has 0 atom stereocenters. The Morgan fingerprint density at radius 1 is 1.12 bits per heavy atom. The summed E-state index contributed by atoms with van der Waals surface area (Å²) >= 11 is 3.10. The maximum Gasteiger partial charge on any atom is 0.206 e. The molecule has 7 nitrogen and oxygen atoms in total. The van der Waals surface area contributed by atoms with Crippen LogP contribution in [0, 0.1) is 0 Å². The summed E-state index contributed by atoms with van der Waals surface area (Å²) in [6.07, 6.45) is 3.43. The minimum absolute atomic E-state index is 0.595. The number of anilines is 1. The number of rotatable bonds is 7. The Morgan fingerprint density at radius 3 is 2.88 bits per heavy atom. The van der Waals surface area contributed by atoms with E-state index in [0.29, 0.717) is 12.3 Å². The molecule has 4 aromatic rings. The molecule has 0 radical (unpaired) electrons. The third-order valence-corrected chi connectivity index (χ3v) is 5.32. The number of thioether (sulfide) groups is 1. The highest BCUT2D eigenvalue weighted by Crippen LogP contribution is 2.28. The van der Waals surface area contributed by atoms with Gasteiger partial charge in [-0.3, -0.25) is 0 Å². The molecule has 0 spiro atoms. The van der Waals surface area contributed by atoms with Gasteiger partial charge in [-0.2, -0.15) is 15.0 Å². The molecular formula is C16H14N6OS2. The molecule has 3 aromatic heterocycles. The third kappa shape index (κ3) is 4.06. The highest BCUT2D eigenvalue weighted by atomic mass is 32.2. The summed E-state index contributed by atoms with van der Waals surface area (Å²) in [7, 11) is 0. The lowest BCUT2D eigenvalue weighted by molar-refractivity contribution is 0.518. The summed E-state index contributed by atoms with van der Waals surface area (Å²) in [6.45, 7) is 0.595. The molecule has 4 rings (SSSR count). The van der Waals surface area contributed by atoms with Gasteiger partial charge in [-0.15, -0.1) is 10.2 Å². The van der Waals surface area contributed by atoms with Gasteiger partial charge in [-0.25, -0.2) is 0 Å². The lowest BCUT2D eigenvalue weighted by Crippen LogP contribution is -1.98. The monoisotopic (exact) mass is 370 g/mol. The van der Waals surface area contributed by atoms with Gasteiger partial charge in [0.25, 0.3) is 0 Å². The molecule has 0 aliphatic heterocycles. The molecule has 0 fully saturated rings. The predicted octanol–water partition coefficient (Wildman–Crippen LogP) is 3.62. The normalized spacial score (nSPS) is 10.9. The number of hydrogen-bond donors (Lipinski definition) is 1. The fraction of sp³-hybridized carbons (Fsp3) is 0.125. The summed E-state index contributed by atoms with van der Waals surface area (Å²) in [5.74, 6) is 1.56. The van der Waals surface area contributed by atoms with Gasteiger partial charge in [0.1, 0.15) is 5.76 Å². The molecule has 0 saturated heterocycles. The molecule has 0 aliphatic rings. The Morgan fingerprint density at radius 2 is 2.04 bits per heavy atom. The minimum Gasteiger partial charge on any atom is -0.467 e. The van der Waals surface area contributed by atoms with Crippen LogP contribution >= 0.6 is 23.1 Å². The van der Waals surface area contributed by atoms with Crippen molar-refractivity contribution in [3.63, 3.8) is 0 Å². The highest BCUT2D eigenvalue weighted by Gasteiger charge is 2.08. The van der Waals surface area contributed by atoms with E-state index < -0.39 is 0 Å². The summed E-state index contributed by atoms with van der Waals surface area (Å²) in [5.41, 5.74) is 1.84. The molecular weight excluding hydrogens is 356 g/mol.